The highest BCUT2D eigenvalue weighted by molar-refractivity contribution is 5.06. The number of nitrogens with two attached hydrogens (primary N) is 1. The van der Waals surface area contributed by atoms with Gasteiger partial charge in [0.1, 0.15) is 0 Å². The van der Waals surface area contributed by atoms with Crippen molar-refractivity contribution in [3.63, 3.8) is 0 Å². The number of rotatable bonds is 8. The monoisotopic (exact) mass is 280 g/mol. The zero-order valence-electron chi connectivity index (χ0n) is 14.0. The van der Waals surface area contributed by atoms with E-state index in [1.165, 1.54) is 5.69 Å². The maximum absolute atomic E-state index is 6.37. The van der Waals surface area contributed by atoms with Gasteiger partial charge < -0.3 is 15.2 Å². The van der Waals surface area contributed by atoms with Crippen LogP contribution in [0.15, 0.2) is 12.5 Å². The lowest BCUT2D eigenvalue weighted by Gasteiger charge is -2.27. The van der Waals surface area contributed by atoms with E-state index in [4.69, 9.17) is 5.73 Å². The van der Waals surface area contributed by atoms with Crippen molar-refractivity contribution in [2.45, 2.75) is 52.6 Å². The van der Waals surface area contributed by atoms with E-state index in [9.17, 15) is 0 Å². The van der Waals surface area contributed by atoms with Crippen molar-refractivity contribution in [3.8, 4) is 0 Å². The Hall–Kier alpha value is -0.870. The normalized spacial score (nSPS) is 15.3. The number of aromatic nitrogens is 2. The zero-order chi connectivity index (χ0) is 15.3. The predicted octanol–water partition coefficient (Wildman–Crippen LogP) is 3.08. The minimum Gasteiger partial charge on any atom is -0.329 e. The summed E-state index contributed by atoms with van der Waals surface area (Å²) in [5.41, 5.74) is 7.54. The summed E-state index contributed by atoms with van der Waals surface area (Å²) in [5, 5.41) is 0. The predicted molar refractivity (Wildman–Crippen MR) is 85.7 cm³/mol. The lowest BCUT2D eigenvalue weighted by molar-refractivity contribution is 0.280. The fourth-order valence-corrected chi connectivity index (χ4v) is 2.78. The van der Waals surface area contributed by atoms with Crippen LogP contribution >= 0.6 is 0 Å². The summed E-state index contributed by atoms with van der Waals surface area (Å²) >= 11 is 0. The molecule has 0 bridgehead atoms. The molecule has 4 nitrogen and oxygen atoms in total. The molecule has 0 saturated heterocycles. The van der Waals surface area contributed by atoms with E-state index in [-0.39, 0.29) is 6.04 Å². The molecule has 1 rings (SSSR count). The van der Waals surface area contributed by atoms with Gasteiger partial charge in [-0.1, -0.05) is 27.7 Å². The van der Waals surface area contributed by atoms with Crippen LogP contribution in [-0.4, -0.2) is 35.1 Å². The van der Waals surface area contributed by atoms with Crippen molar-refractivity contribution in [2.24, 2.45) is 17.6 Å². The molecular formula is C16H32N4. The van der Waals surface area contributed by atoms with Crippen LogP contribution in [0.25, 0.3) is 0 Å². The Kier molecular flexibility index (Phi) is 6.69. The molecule has 4 heteroatoms. The van der Waals surface area contributed by atoms with Gasteiger partial charge in [-0.2, -0.15) is 0 Å². The van der Waals surface area contributed by atoms with Crippen LogP contribution in [0.1, 0.15) is 58.3 Å². The van der Waals surface area contributed by atoms with Gasteiger partial charge in [0.25, 0.3) is 0 Å². The molecule has 1 aromatic heterocycles. The van der Waals surface area contributed by atoms with Crippen molar-refractivity contribution in [3.05, 3.63) is 18.2 Å². The molecule has 0 fully saturated rings. The molecule has 0 aromatic carbocycles. The number of nitrogens with zero attached hydrogens (tertiary/aromatic N) is 3. The maximum Gasteiger partial charge on any atom is 0.0951 e. The molecule has 2 N–H and O–H groups in total. The smallest absolute Gasteiger partial charge is 0.0951 e. The molecule has 2 atom stereocenters. The van der Waals surface area contributed by atoms with Crippen molar-refractivity contribution in [1.82, 2.24) is 14.5 Å². The first kappa shape index (κ1) is 17.2. The van der Waals surface area contributed by atoms with E-state index in [0.717, 1.165) is 19.4 Å². The Balaban J connectivity index is 2.93. The second kappa shape index (κ2) is 7.79. The fraction of sp³-hybridized carbons (Fsp3) is 0.812. The van der Waals surface area contributed by atoms with Crippen molar-refractivity contribution in [1.29, 1.82) is 0 Å². The molecule has 0 spiro atoms. The third-order valence-electron chi connectivity index (χ3n) is 3.51. The molecule has 20 heavy (non-hydrogen) atoms. The highest BCUT2D eigenvalue weighted by Crippen LogP contribution is 2.25. The maximum atomic E-state index is 6.37. The average Bonchev–Trinajstić information content (AvgIpc) is 2.74. The first-order valence-corrected chi connectivity index (χ1v) is 7.73. The van der Waals surface area contributed by atoms with Gasteiger partial charge in [0.05, 0.1) is 12.0 Å². The molecule has 0 aliphatic carbocycles. The number of likely N-dealkylation sites (N-methyl/N-ethyl adjacent to an activating group) is 1. The Bertz CT molecular complexity index is 372. The Morgan fingerprint density at radius 2 is 1.75 bits per heavy atom. The molecule has 0 aliphatic rings. The van der Waals surface area contributed by atoms with Gasteiger partial charge in [-0.05, 0) is 38.8 Å². The van der Waals surface area contributed by atoms with Crippen LogP contribution in [0.3, 0.4) is 0 Å². The molecule has 0 radical (unpaired) electrons. The van der Waals surface area contributed by atoms with Crippen molar-refractivity contribution >= 4 is 0 Å². The van der Waals surface area contributed by atoms with E-state index in [2.05, 4.69) is 56.2 Å². The van der Waals surface area contributed by atoms with Gasteiger partial charge >= 0.3 is 0 Å². The average molecular weight is 280 g/mol. The van der Waals surface area contributed by atoms with E-state index in [1.54, 1.807) is 0 Å². The van der Waals surface area contributed by atoms with Crippen molar-refractivity contribution in [2.75, 3.05) is 20.6 Å². The third-order valence-corrected chi connectivity index (χ3v) is 3.51. The van der Waals surface area contributed by atoms with Crippen LogP contribution in [0.4, 0.5) is 0 Å². The highest BCUT2D eigenvalue weighted by Gasteiger charge is 2.20. The second-order valence-electron chi connectivity index (χ2n) is 7.01. The van der Waals surface area contributed by atoms with Crippen LogP contribution in [-0.2, 0) is 0 Å². The Morgan fingerprint density at radius 3 is 2.25 bits per heavy atom. The molecule has 1 heterocycles. The summed E-state index contributed by atoms with van der Waals surface area (Å²) in [4.78, 5) is 6.59. The number of hydrogen-bond donors (Lipinski definition) is 1. The quantitative estimate of drug-likeness (QED) is 0.796. The molecule has 1 aromatic rings. The van der Waals surface area contributed by atoms with Gasteiger partial charge in [-0.3, -0.25) is 0 Å². The fourth-order valence-electron chi connectivity index (χ4n) is 2.78. The van der Waals surface area contributed by atoms with E-state index >= 15 is 0 Å². The summed E-state index contributed by atoms with van der Waals surface area (Å²) in [6.07, 6.45) is 6.04. The molecule has 0 aliphatic heterocycles. The molecule has 2 unspecified atom stereocenters. The van der Waals surface area contributed by atoms with Crippen molar-refractivity contribution < 1.29 is 0 Å². The van der Waals surface area contributed by atoms with Crippen LogP contribution < -0.4 is 5.73 Å². The first-order chi connectivity index (χ1) is 9.31. The first-order valence-electron chi connectivity index (χ1n) is 7.73. The van der Waals surface area contributed by atoms with Crippen LogP contribution in [0.2, 0.25) is 0 Å². The zero-order valence-corrected chi connectivity index (χ0v) is 14.0. The lowest BCUT2D eigenvalue weighted by atomic mass is 10.00. The lowest BCUT2D eigenvalue weighted by Crippen LogP contribution is -2.28. The largest absolute Gasteiger partial charge is 0.329 e. The summed E-state index contributed by atoms with van der Waals surface area (Å²) in [6.45, 7) is 9.99. The minimum absolute atomic E-state index is 0.0781. The Labute approximate surface area is 124 Å². The molecular weight excluding hydrogens is 248 g/mol. The number of imidazole rings is 1. The van der Waals surface area contributed by atoms with Crippen LogP contribution in [0, 0.1) is 11.8 Å². The Morgan fingerprint density at radius 1 is 1.15 bits per heavy atom. The van der Waals surface area contributed by atoms with Gasteiger partial charge in [0.2, 0.25) is 0 Å². The molecule has 116 valence electrons. The minimum atomic E-state index is 0.0781. The summed E-state index contributed by atoms with van der Waals surface area (Å²) in [7, 11) is 4.25. The topological polar surface area (TPSA) is 47.1 Å². The van der Waals surface area contributed by atoms with Crippen LogP contribution in [0.5, 0.6) is 0 Å². The van der Waals surface area contributed by atoms with E-state index < -0.39 is 0 Å². The van der Waals surface area contributed by atoms with Gasteiger partial charge in [0.15, 0.2) is 0 Å². The summed E-state index contributed by atoms with van der Waals surface area (Å²) < 4.78 is 2.30. The number of hydrogen-bond acceptors (Lipinski definition) is 3. The van der Waals surface area contributed by atoms with E-state index in [0.29, 0.717) is 17.9 Å². The standard InChI is InChI=1S/C16H32N4/c1-12(2)7-14(10-19(5)6)20-11-18-9-16(20)15(17)8-13(3)4/h9,11-15H,7-8,10,17H2,1-6H3. The second-order valence-corrected chi connectivity index (χ2v) is 7.01. The SMILES string of the molecule is CC(C)CC(N)c1cncn1C(CC(C)C)CN(C)C. The molecule has 0 amide bonds. The summed E-state index contributed by atoms with van der Waals surface area (Å²) in [5.74, 6) is 1.27. The third kappa shape index (κ3) is 5.25. The molecule has 0 saturated carbocycles. The van der Waals surface area contributed by atoms with E-state index in [1.807, 2.05) is 12.5 Å². The van der Waals surface area contributed by atoms with Gasteiger partial charge in [-0.25, -0.2) is 4.98 Å². The summed E-state index contributed by atoms with van der Waals surface area (Å²) in [6, 6.07) is 0.523. The highest BCUT2D eigenvalue weighted by atomic mass is 15.2. The van der Waals surface area contributed by atoms with Gasteiger partial charge in [-0.15, -0.1) is 0 Å². The van der Waals surface area contributed by atoms with Gasteiger partial charge in [0, 0.05) is 24.8 Å².